The first-order chi connectivity index (χ1) is 9.13. The lowest BCUT2D eigenvalue weighted by molar-refractivity contribution is 0.102. The molecule has 0 aliphatic rings. The van der Waals surface area contributed by atoms with Gasteiger partial charge in [0.05, 0.1) is 5.56 Å². The summed E-state index contributed by atoms with van der Waals surface area (Å²) in [5.74, 6) is -0.156. The summed E-state index contributed by atoms with van der Waals surface area (Å²) in [5, 5.41) is 2.94. The van der Waals surface area contributed by atoms with Gasteiger partial charge in [-0.25, -0.2) is 0 Å². The molecule has 0 radical (unpaired) electrons. The van der Waals surface area contributed by atoms with Crippen LogP contribution in [-0.4, -0.2) is 5.91 Å². The van der Waals surface area contributed by atoms with E-state index in [-0.39, 0.29) is 5.91 Å². The second-order valence-corrected chi connectivity index (χ2v) is 4.50. The zero-order valence-corrected chi connectivity index (χ0v) is 11.2. The maximum Gasteiger partial charge on any atom is 0.258 e. The molecule has 3 nitrogen and oxygen atoms in total. The highest BCUT2D eigenvalue weighted by Gasteiger charge is 2.13. The fourth-order valence-electron chi connectivity index (χ4n) is 2.14. The number of nitrogen functional groups attached to an aromatic ring is 1. The van der Waals surface area contributed by atoms with E-state index in [1.165, 1.54) is 0 Å². The summed E-state index contributed by atoms with van der Waals surface area (Å²) in [7, 11) is 0. The van der Waals surface area contributed by atoms with Gasteiger partial charge in [0.15, 0.2) is 0 Å². The average Bonchev–Trinajstić information content (AvgIpc) is 2.39. The van der Waals surface area contributed by atoms with Crippen molar-refractivity contribution in [3.63, 3.8) is 0 Å². The minimum atomic E-state index is -0.156. The Labute approximate surface area is 113 Å². The van der Waals surface area contributed by atoms with E-state index >= 15 is 0 Å². The summed E-state index contributed by atoms with van der Waals surface area (Å²) in [6, 6.07) is 13.3. The molecule has 0 saturated carbocycles. The Bertz CT molecular complexity index is 585. The fourth-order valence-corrected chi connectivity index (χ4v) is 2.14. The average molecular weight is 254 g/mol. The predicted octanol–water partition coefficient (Wildman–Crippen LogP) is 3.39. The summed E-state index contributed by atoms with van der Waals surface area (Å²) in [6.07, 6.45) is 0.875. The van der Waals surface area contributed by atoms with Crippen LogP contribution in [0.25, 0.3) is 0 Å². The first-order valence-corrected chi connectivity index (χ1v) is 6.37. The van der Waals surface area contributed by atoms with Gasteiger partial charge in [0.2, 0.25) is 0 Å². The minimum Gasteiger partial charge on any atom is -0.398 e. The highest BCUT2D eigenvalue weighted by Crippen LogP contribution is 2.20. The number of amides is 1. The van der Waals surface area contributed by atoms with E-state index in [9.17, 15) is 4.79 Å². The summed E-state index contributed by atoms with van der Waals surface area (Å²) in [5.41, 5.74) is 9.78. The van der Waals surface area contributed by atoms with Crippen LogP contribution in [0.15, 0.2) is 42.5 Å². The standard InChI is InChI=1S/C16H18N2O/c1-3-12-8-4-5-10-14(12)18-16(19)15-11(2)7-6-9-13(15)17/h4-10H,3,17H2,1-2H3,(H,18,19). The van der Waals surface area contributed by atoms with Crippen LogP contribution in [0.5, 0.6) is 0 Å². The second kappa shape index (κ2) is 5.57. The van der Waals surface area contributed by atoms with E-state index in [2.05, 4.69) is 12.2 Å². The van der Waals surface area contributed by atoms with Crippen molar-refractivity contribution in [3.05, 3.63) is 59.2 Å². The zero-order valence-electron chi connectivity index (χ0n) is 11.2. The Morgan fingerprint density at radius 1 is 1.16 bits per heavy atom. The molecule has 3 heteroatoms. The molecule has 98 valence electrons. The number of nitrogens with two attached hydrogens (primary N) is 1. The number of carbonyl (C=O) groups is 1. The monoisotopic (exact) mass is 254 g/mol. The van der Waals surface area contributed by atoms with Crippen molar-refractivity contribution in [1.82, 2.24) is 0 Å². The van der Waals surface area contributed by atoms with Gasteiger partial charge in [-0.05, 0) is 36.6 Å². The van der Waals surface area contributed by atoms with E-state index < -0.39 is 0 Å². The van der Waals surface area contributed by atoms with Crippen molar-refractivity contribution in [2.75, 3.05) is 11.1 Å². The Morgan fingerprint density at radius 2 is 1.89 bits per heavy atom. The number of carbonyl (C=O) groups excluding carboxylic acids is 1. The number of para-hydroxylation sites is 1. The Balaban J connectivity index is 2.31. The smallest absolute Gasteiger partial charge is 0.258 e. The molecule has 0 fully saturated rings. The molecule has 0 unspecified atom stereocenters. The topological polar surface area (TPSA) is 55.1 Å². The van der Waals surface area contributed by atoms with Gasteiger partial charge >= 0.3 is 0 Å². The van der Waals surface area contributed by atoms with Gasteiger partial charge in [0.25, 0.3) is 5.91 Å². The number of hydrogen-bond acceptors (Lipinski definition) is 2. The van der Waals surface area contributed by atoms with E-state index in [1.54, 1.807) is 6.07 Å². The lowest BCUT2D eigenvalue weighted by Crippen LogP contribution is -2.16. The molecule has 0 atom stereocenters. The minimum absolute atomic E-state index is 0.156. The third-order valence-corrected chi connectivity index (χ3v) is 3.18. The number of anilines is 2. The molecule has 0 aliphatic carbocycles. The van der Waals surface area contributed by atoms with Gasteiger partial charge in [-0.3, -0.25) is 4.79 Å². The molecule has 3 N–H and O–H groups in total. The van der Waals surface area contributed by atoms with Crippen molar-refractivity contribution >= 4 is 17.3 Å². The van der Waals surface area contributed by atoms with Crippen LogP contribution in [0.4, 0.5) is 11.4 Å². The van der Waals surface area contributed by atoms with Crippen molar-refractivity contribution < 1.29 is 4.79 Å². The molecular formula is C16H18N2O. The summed E-state index contributed by atoms with van der Waals surface area (Å²) < 4.78 is 0. The van der Waals surface area contributed by atoms with Crippen molar-refractivity contribution in [1.29, 1.82) is 0 Å². The molecule has 0 spiro atoms. The third-order valence-electron chi connectivity index (χ3n) is 3.18. The van der Waals surface area contributed by atoms with E-state index in [0.29, 0.717) is 11.3 Å². The van der Waals surface area contributed by atoms with Crippen molar-refractivity contribution in [2.45, 2.75) is 20.3 Å². The molecule has 2 rings (SSSR count). The zero-order chi connectivity index (χ0) is 13.8. The van der Waals surface area contributed by atoms with Gasteiger partial charge < -0.3 is 11.1 Å². The highest BCUT2D eigenvalue weighted by atomic mass is 16.1. The maximum absolute atomic E-state index is 12.3. The molecule has 0 saturated heterocycles. The van der Waals surface area contributed by atoms with Gasteiger partial charge in [-0.15, -0.1) is 0 Å². The van der Waals surface area contributed by atoms with Crippen molar-refractivity contribution in [3.8, 4) is 0 Å². The summed E-state index contributed by atoms with van der Waals surface area (Å²) in [6.45, 7) is 3.95. The first kappa shape index (κ1) is 13.1. The molecule has 0 bridgehead atoms. The number of benzene rings is 2. The largest absolute Gasteiger partial charge is 0.398 e. The molecule has 1 amide bonds. The summed E-state index contributed by atoms with van der Waals surface area (Å²) in [4.78, 5) is 12.3. The lowest BCUT2D eigenvalue weighted by Gasteiger charge is -2.12. The van der Waals surface area contributed by atoms with Gasteiger partial charge in [-0.1, -0.05) is 37.3 Å². The third kappa shape index (κ3) is 2.76. The van der Waals surface area contributed by atoms with Crippen LogP contribution in [0.3, 0.4) is 0 Å². The van der Waals surface area contributed by atoms with Crippen LogP contribution in [-0.2, 0) is 6.42 Å². The van der Waals surface area contributed by atoms with E-state index in [4.69, 9.17) is 5.73 Å². The molecule has 2 aromatic carbocycles. The molecule has 0 aliphatic heterocycles. The van der Waals surface area contributed by atoms with Crippen LogP contribution in [0.2, 0.25) is 0 Å². The molecule has 0 aromatic heterocycles. The van der Waals surface area contributed by atoms with Crippen LogP contribution in [0.1, 0.15) is 28.4 Å². The number of nitrogens with one attached hydrogen (secondary N) is 1. The quantitative estimate of drug-likeness (QED) is 0.825. The van der Waals surface area contributed by atoms with E-state index in [1.807, 2.05) is 43.3 Å². The fraction of sp³-hybridized carbons (Fsp3) is 0.188. The Morgan fingerprint density at radius 3 is 2.58 bits per heavy atom. The summed E-state index contributed by atoms with van der Waals surface area (Å²) >= 11 is 0. The second-order valence-electron chi connectivity index (χ2n) is 4.50. The molecule has 0 heterocycles. The normalized spacial score (nSPS) is 10.2. The van der Waals surface area contributed by atoms with Crippen LogP contribution < -0.4 is 11.1 Å². The number of rotatable bonds is 3. The van der Waals surface area contributed by atoms with Gasteiger partial charge in [-0.2, -0.15) is 0 Å². The van der Waals surface area contributed by atoms with E-state index in [0.717, 1.165) is 23.2 Å². The van der Waals surface area contributed by atoms with Gasteiger partial charge in [0.1, 0.15) is 0 Å². The lowest BCUT2D eigenvalue weighted by atomic mass is 10.1. The maximum atomic E-state index is 12.3. The van der Waals surface area contributed by atoms with Gasteiger partial charge in [0, 0.05) is 11.4 Å². The highest BCUT2D eigenvalue weighted by molar-refractivity contribution is 6.09. The molecule has 2 aromatic rings. The Hall–Kier alpha value is -2.29. The van der Waals surface area contributed by atoms with Crippen molar-refractivity contribution in [2.24, 2.45) is 0 Å². The molecule has 19 heavy (non-hydrogen) atoms. The Kier molecular flexibility index (Phi) is 3.85. The predicted molar refractivity (Wildman–Crippen MR) is 79.4 cm³/mol. The number of hydrogen-bond donors (Lipinski definition) is 2. The SMILES string of the molecule is CCc1ccccc1NC(=O)c1c(C)cccc1N. The first-order valence-electron chi connectivity index (χ1n) is 6.37. The number of aryl methyl sites for hydroxylation is 2. The molecular weight excluding hydrogens is 236 g/mol. The van der Waals surface area contributed by atoms with Crippen LogP contribution in [0, 0.1) is 6.92 Å². The van der Waals surface area contributed by atoms with Crippen LogP contribution >= 0.6 is 0 Å².